The summed E-state index contributed by atoms with van der Waals surface area (Å²) in [6.07, 6.45) is 8.06. The van der Waals surface area contributed by atoms with Crippen LogP contribution in [0.2, 0.25) is 0 Å². The third-order valence-corrected chi connectivity index (χ3v) is 7.66. The first-order valence-corrected chi connectivity index (χ1v) is 13.6. The molecule has 1 amide bonds. The molecule has 0 bridgehead atoms. The van der Waals surface area contributed by atoms with Crippen molar-refractivity contribution in [2.75, 3.05) is 25.0 Å². The van der Waals surface area contributed by atoms with E-state index in [1.807, 2.05) is 36.4 Å². The van der Waals surface area contributed by atoms with Crippen molar-refractivity contribution in [3.63, 3.8) is 0 Å². The van der Waals surface area contributed by atoms with Gasteiger partial charge in [-0.15, -0.1) is 0 Å². The minimum Gasteiger partial charge on any atom is -0.345 e. The lowest BCUT2D eigenvalue weighted by Crippen LogP contribution is -2.22. The van der Waals surface area contributed by atoms with Gasteiger partial charge in [0.05, 0.1) is 34.5 Å². The number of nitro benzene ring substituents is 1. The smallest absolute Gasteiger partial charge is 0.269 e. The summed E-state index contributed by atoms with van der Waals surface area (Å²) in [5.74, 6) is -1.03. The number of likely N-dealkylation sites (tertiary alicyclic amines) is 1. The maximum atomic E-state index is 13.3. The van der Waals surface area contributed by atoms with Crippen molar-refractivity contribution in [2.24, 2.45) is 4.99 Å². The summed E-state index contributed by atoms with van der Waals surface area (Å²) >= 11 is 0. The van der Waals surface area contributed by atoms with Crippen molar-refractivity contribution in [3.05, 3.63) is 106 Å². The molecule has 3 aromatic carbocycles. The number of hydrogen-bond acceptors (Lipinski definition) is 6. The molecule has 4 aromatic rings. The first-order chi connectivity index (χ1) is 19.5. The van der Waals surface area contributed by atoms with Crippen LogP contribution in [0.1, 0.15) is 41.9 Å². The quantitative estimate of drug-likeness (QED) is 0.158. The maximum Gasteiger partial charge on any atom is 0.269 e. The molecule has 2 aliphatic heterocycles. The number of amides is 1. The molecule has 6 rings (SSSR count). The zero-order valence-corrected chi connectivity index (χ0v) is 22.0. The van der Waals surface area contributed by atoms with Crippen LogP contribution in [0.4, 0.5) is 17.1 Å². The van der Waals surface area contributed by atoms with Crippen LogP contribution in [0.3, 0.4) is 0 Å². The standard InChI is InChI=1S/C31H30N6O3/c38-31-29(26-18-25(37(39)40)13-14-27(26)35-31)30(34-24-11-9-22(10-12-24)28-19-32-20-33-28)23-7-5-21(6-8-23)4-3-17-36-15-1-2-16-36/h5-14,18-20,29H,1-4,15-17H2,(H,32,33)(H,35,38). The second kappa shape index (κ2) is 11.2. The normalized spacial score (nSPS) is 17.1. The SMILES string of the molecule is O=C1Nc2ccc([N+](=O)[O-])cc2C1C(=Nc1ccc(-c2cnc[nH]2)cc1)c1ccc(CCCN2CCCC2)cc1. The summed E-state index contributed by atoms with van der Waals surface area (Å²) in [5.41, 5.74) is 6.20. The van der Waals surface area contributed by atoms with Crippen molar-refractivity contribution >= 4 is 28.7 Å². The highest BCUT2D eigenvalue weighted by atomic mass is 16.6. The fourth-order valence-electron chi connectivity index (χ4n) is 5.55. The number of imidazole rings is 1. The lowest BCUT2D eigenvalue weighted by atomic mass is 9.89. The number of fused-ring (bicyclic) bond motifs is 1. The van der Waals surface area contributed by atoms with Gasteiger partial charge in [0.15, 0.2) is 0 Å². The Morgan fingerprint density at radius 3 is 2.52 bits per heavy atom. The topological polar surface area (TPSA) is 117 Å². The molecule has 1 atom stereocenters. The highest BCUT2D eigenvalue weighted by Gasteiger charge is 2.36. The lowest BCUT2D eigenvalue weighted by molar-refractivity contribution is -0.384. The number of nitro groups is 1. The van der Waals surface area contributed by atoms with Crippen molar-refractivity contribution in [2.45, 2.75) is 31.6 Å². The molecule has 40 heavy (non-hydrogen) atoms. The third kappa shape index (κ3) is 5.41. The largest absolute Gasteiger partial charge is 0.345 e. The number of non-ortho nitro benzene ring substituents is 1. The van der Waals surface area contributed by atoms with Crippen LogP contribution >= 0.6 is 0 Å². The summed E-state index contributed by atoms with van der Waals surface area (Å²) in [6.45, 7) is 3.51. The number of aliphatic imine (C=N–C) groups is 1. The number of aryl methyl sites for hydroxylation is 1. The van der Waals surface area contributed by atoms with Gasteiger partial charge in [-0.25, -0.2) is 4.98 Å². The van der Waals surface area contributed by atoms with E-state index in [-0.39, 0.29) is 11.6 Å². The predicted molar refractivity (Wildman–Crippen MR) is 155 cm³/mol. The van der Waals surface area contributed by atoms with Gasteiger partial charge in [0, 0.05) is 23.4 Å². The van der Waals surface area contributed by atoms with Gasteiger partial charge in [-0.2, -0.15) is 0 Å². The van der Waals surface area contributed by atoms with E-state index in [1.54, 1.807) is 18.6 Å². The Morgan fingerprint density at radius 1 is 1.05 bits per heavy atom. The molecule has 2 aliphatic rings. The van der Waals surface area contributed by atoms with Crippen molar-refractivity contribution < 1.29 is 9.72 Å². The molecule has 202 valence electrons. The van der Waals surface area contributed by atoms with Crippen LogP contribution in [-0.4, -0.2) is 51.0 Å². The minimum absolute atomic E-state index is 0.0585. The molecule has 2 N–H and O–H groups in total. The van der Waals surface area contributed by atoms with E-state index in [1.165, 1.54) is 43.6 Å². The number of nitrogens with one attached hydrogen (secondary N) is 2. The highest BCUT2D eigenvalue weighted by molar-refractivity contribution is 6.24. The summed E-state index contributed by atoms with van der Waals surface area (Å²) in [6, 6.07) is 20.3. The average molecular weight is 535 g/mol. The number of anilines is 1. The number of H-pyrrole nitrogens is 1. The third-order valence-electron chi connectivity index (χ3n) is 7.66. The molecule has 0 saturated carbocycles. The Labute approximate surface area is 232 Å². The number of aromatic amines is 1. The number of hydrogen-bond donors (Lipinski definition) is 2. The second-order valence-corrected chi connectivity index (χ2v) is 10.3. The van der Waals surface area contributed by atoms with Crippen molar-refractivity contribution in [3.8, 4) is 11.3 Å². The first-order valence-electron chi connectivity index (χ1n) is 13.6. The van der Waals surface area contributed by atoms with E-state index in [2.05, 4.69) is 32.3 Å². The summed E-state index contributed by atoms with van der Waals surface area (Å²) in [7, 11) is 0. The van der Waals surface area contributed by atoms with E-state index < -0.39 is 10.8 Å². The molecule has 1 unspecified atom stereocenters. The molecule has 0 spiro atoms. The average Bonchev–Trinajstić information content (AvgIpc) is 3.74. The van der Waals surface area contributed by atoms with Crippen LogP contribution < -0.4 is 5.32 Å². The summed E-state index contributed by atoms with van der Waals surface area (Å²) < 4.78 is 0. The van der Waals surface area contributed by atoms with Crippen LogP contribution in [-0.2, 0) is 11.2 Å². The van der Waals surface area contributed by atoms with Gasteiger partial charge < -0.3 is 15.2 Å². The molecular weight excluding hydrogens is 504 g/mol. The Balaban J connectivity index is 1.33. The van der Waals surface area contributed by atoms with Crippen LogP contribution in [0.25, 0.3) is 11.3 Å². The van der Waals surface area contributed by atoms with E-state index >= 15 is 0 Å². The number of benzene rings is 3. The molecule has 0 aliphatic carbocycles. The minimum atomic E-state index is -0.775. The molecule has 3 heterocycles. The summed E-state index contributed by atoms with van der Waals surface area (Å²) in [4.78, 5) is 39.0. The second-order valence-electron chi connectivity index (χ2n) is 10.3. The number of rotatable bonds is 9. The molecule has 9 heteroatoms. The number of aromatic nitrogens is 2. The van der Waals surface area contributed by atoms with Crippen molar-refractivity contribution in [1.82, 2.24) is 14.9 Å². The van der Waals surface area contributed by atoms with Gasteiger partial charge in [0.2, 0.25) is 5.91 Å². The Morgan fingerprint density at radius 2 is 1.82 bits per heavy atom. The predicted octanol–water partition coefficient (Wildman–Crippen LogP) is 5.87. The Hall–Kier alpha value is -4.63. The first kappa shape index (κ1) is 25.6. The molecule has 0 radical (unpaired) electrons. The maximum absolute atomic E-state index is 13.3. The molecule has 1 aromatic heterocycles. The number of nitrogens with zero attached hydrogens (tertiary/aromatic N) is 4. The Kier molecular flexibility index (Phi) is 7.20. The highest BCUT2D eigenvalue weighted by Crippen LogP contribution is 2.38. The van der Waals surface area contributed by atoms with E-state index in [4.69, 9.17) is 4.99 Å². The van der Waals surface area contributed by atoms with Crippen LogP contribution in [0.15, 0.2) is 84.2 Å². The van der Waals surface area contributed by atoms with Gasteiger partial charge in [-0.05, 0) is 80.2 Å². The van der Waals surface area contributed by atoms with Gasteiger partial charge in [0.1, 0.15) is 5.92 Å². The fraction of sp³-hybridized carbons (Fsp3) is 0.258. The number of carbonyl (C=O) groups excluding carboxylic acids is 1. The molecule has 9 nitrogen and oxygen atoms in total. The van der Waals surface area contributed by atoms with E-state index in [0.717, 1.165) is 36.2 Å². The zero-order chi connectivity index (χ0) is 27.5. The van der Waals surface area contributed by atoms with E-state index in [0.29, 0.717) is 22.6 Å². The van der Waals surface area contributed by atoms with Crippen LogP contribution in [0, 0.1) is 10.1 Å². The molecular formula is C31H30N6O3. The van der Waals surface area contributed by atoms with Gasteiger partial charge in [0.25, 0.3) is 5.69 Å². The van der Waals surface area contributed by atoms with Crippen molar-refractivity contribution in [1.29, 1.82) is 0 Å². The Bertz CT molecular complexity index is 1540. The zero-order valence-electron chi connectivity index (χ0n) is 22.0. The summed E-state index contributed by atoms with van der Waals surface area (Å²) in [5, 5.41) is 14.4. The van der Waals surface area contributed by atoms with Crippen LogP contribution in [0.5, 0.6) is 0 Å². The fourth-order valence-corrected chi connectivity index (χ4v) is 5.55. The number of carbonyl (C=O) groups is 1. The monoisotopic (exact) mass is 534 g/mol. The molecule has 1 saturated heterocycles. The molecule has 1 fully saturated rings. The van der Waals surface area contributed by atoms with E-state index in [9.17, 15) is 14.9 Å². The van der Waals surface area contributed by atoms with Gasteiger partial charge in [-0.1, -0.05) is 36.4 Å². The van der Waals surface area contributed by atoms with Gasteiger partial charge in [-0.3, -0.25) is 19.9 Å². The van der Waals surface area contributed by atoms with Gasteiger partial charge >= 0.3 is 0 Å². The lowest BCUT2D eigenvalue weighted by Gasteiger charge is -2.16.